The lowest BCUT2D eigenvalue weighted by atomic mass is 9.36. The van der Waals surface area contributed by atoms with Crippen LogP contribution in [0.1, 0.15) is 38.1 Å². The highest BCUT2D eigenvalue weighted by atomic mass is 16.6. The molecule has 7 bridgehead atoms. The highest BCUT2D eigenvalue weighted by Gasteiger charge is 2.96. The molecule has 13 nitrogen and oxygen atoms in total. The summed E-state index contributed by atoms with van der Waals surface area (Å²) in [5.41, 5.74) is -4.68. The van der Waals surface area contributed by atoms with E-state index in [2.05, 4.69) is 6.58 Å². The van der Waals surface area contributed by atoms with Crippen LogP contribution in [0.5, 0.6) is 0 Å². The predicted octanol–water partition coefficient (Wildman–Crippen LogP) is 0.248. The monoisotopic (exact) mass is 651 g/mol. The second-order valence-electron chi connectivity index (χ2n) is 14.2. The first-order valence-electron chi connectivity index (χ1n) is 15.7. The lowest BCUT2D eigenvalue weighted by Gasteiger charge is -2.69. The largest absolute Gasteiger partial charge is 0.461 e. The van der Waals surface area contributed by atoms with E-state index in [0.717, 1.165) is 13.8 Å². The molecule has 0 unspecified atom stereocenters. The molecule has 13 heteroatoms. The summed E-state index contributed by atoms with van der Waals surface area (Å²) in [5.74, 6) is -7.90. The minimum Gasteiger partial charge on any atom is -0.461 e. The van der Waals surface area contributed by atoms with Crippen molar-refractivity contribution in [3.05, 3.63) is 48.0 Å². The van der Waals surface area contributed by atoms with Gasteiger partial charge in [-0.3, -0.25) is 24.1 Å². The molecule has 2 N–H and O–H groups in total. The Hall–Kier alpha value is -3.94. The van der Waals surface area contributed by atoms with E-state index in [-0.39, 0.29) is 11.1 Å². The summed E-state index contributed by atoms with van der Waals surface area (Å²) in [4.78, 5) is 82.0. The average molecular weight is 652 g/mol. The Kier molecular flexibility index (Phi) is 6.76. The Morgan fingerprint density at radius 3 is 2.04 bits per heavy atom. The standard InChI is InChI=1S/C34H37NO12/c1-13-18-21(40)19-26-34-24(20(35(26)6)28(42)33(19,27(13)41)25(34)22(18)44-14(2)37)32(5,12-36)29(45-15(3)38)23(30(34)46-16(4)39)47-31(43)17-10-8-7-9-11-17/h7-12,18-20,22-30,41-42H,1H2,2-6H3/t18-,19-,20-,22+,23-,24+,25+,26-,27-,28+,29-,30+,32-,33-,34+/m0/s1. The molecule has 2 spiro atoms. The maximum Gasteiger partial charge on any atom is 0.338 e. The van der Waals surface area contributed by atoms with Gasteiger partial charge in [0.2, 0.25) is 0 Å². The number of aliphatic hydroxyl groups excluding tert-OH is 2. The van der Waals surface area contributed by atoms with Gasteiger partial charge >= 0.3 is 23.9 Å². The summed E-state index contributed by atoms with van der Waals surface area (Å²) < 4.78 is 24.0. The molecule has 2 heterocycles. The van der Waals surface area contributed by atoms with E-state index in [9.17, 15) is 39.0 Å². The van der Waals surface area contributed by atoms with Crippen LogP contribution in [-0.4, -0.2) is 107 Å². The van der Waals surface area contributed by atoms with E-state index in [0.29, 0.717) is 6.29 Å². The van der Waals surface area contributed by atoms with Gasteiger partial charge in [0.25, 0.3) is 0 Å². The van der Waals surface area contributed by atoms with E-state index >= 15 is 0 Å². The van der Waals surface area contributed by atoms with Gasteiger partial charge in [0.15, 0.2) is 18.3 Å². The van der Waals surface area contributed by atoms with Crippen molar-refractivity contribution < 1.29 is 57.9 Å². The molecular formula is C34H37NO12. The number of aldehydes is 1. The lowest BCUT2D eigenvalue weighted by molar-refractivity contribution is -0.301. The van der Waals surface area contributed by atoms with Crippen molar-refractivity contribution in [2.45, 2.75) is 76.4 Å². The number of ether oxygens (including phenoxy) is 4. The highest BCUT2D eigenvalue weighted by molar-refractivity contribution is 5.94. The number of hydrogen-bond donors (Lipinski definition) is 2. The van der Waals surface area contributed by atoms with Crippen LogP contribution in [0.4, 0.5) is 0 Å². The molecule has 47 heavy (non-hydrogen) atoms. The Balaban J connectivity index is 1.55. The number of carbonyl (C=O) groups excluding carboxylic acids is 6. The second-order valence-corrected chi connectivity index (χ2v) is 14.2. The van der Waals surface area contributed by atoms with E-state index in [1.54, 1.807) is 30.1 Å². The SMILES string of the molecule is C=C1[C@H]2C(=O)[C@H]3[C@@H]4N(C)[C@@H]5[C@@H](O)[C@@]3([C@@H]([C@@H]2OC(C)=O)[C@@]42[C@H](OC(C)=O)[C@@H](OC(=O)c3ccccc3)[C@H](OC(C)=O)[C@@](C)(C=O)[C@@H]52)[C@H]1O. The van der Waals surface area contributed by atoms with Crippen molar-refractivity contribution in [3.63, 3.8) is 0 Å². The summed E-state index contributed by atoms with van der Waals surface area (Å²) in [5, 5.41) is 24.4. The number of Topliss-reactive ketones (excluding diaryl/α,β-unsaturated/α-hetero) is 1. The number of fused-ring (bicyclic) bond motifs is 1. The minimum absolute atomic E-state index is 0.105. The second kappa shape index (κ2) is 10.0. The number of benzene rings is 1. The van der Waals surface area contributed by atoms with Gasteiger partial charge in [-0.1, -0.05) is 24.8 Å². The van der Waals surface area contributed by atoms with Gasteiger partial charge in [0, 0.05) is 61.4 Å². The molecule has 1 aromatic carbocycles. The summed E-state index contributed by atoms with van der Waals surface area (Å²) in [6.45, 7) is 8.98. The van der Waals surface area contributed by atoms with Crippen LogP contribution >= 0.6 is 0 Å². The summed E-state index contributed by atoms with van der Waals surface area (Å²) in [6.07, 6.45) is -8.17. The molecule has 9 rings (SSSR count). The Bertz CT molecular complexity index is 1630. The number of carbonyl (C=O) groups is 6. The number of aliphatic hydroxyl groups is 2. The lowest BCUT2D eigenvalue weighted by Crippen LogP contribution is -2.81. The maximum atomic E-state index is 14.5. The minimum atomic E-state index is -1.72. The van der Waals surface area contributed by atoms with Crippen LogP contribution in [0.15, 0.2) is 42.5 Å². The molecule has 2 aliphatic heterocycles. The van der Waals surface area contributed by atoms with E-state index < -0.39 is 118 Å². The number of esters is 4. The van der Waals surface area contributed by atoms with Crippen molar-refractivity contribution >= 4 is 35.9 Å². The van der Waals surface area contributed by atoms with Gasteiger partial charge in [-0.25, -0.2) is 4.79 Å². The zero-order valence-electron chi connectivity index (χ0n) is 26.5. The molecule has 2 saturated heterocycles. The third-order valence-electron chi connectivity index (χ3n) is 12.3. The summed E-state index contributed by atoms with van der Waals surface area (Å²) in [6, 6.07) is 6.11. The zero-order valence-corrected chi connectivity index (χ0v) is 26.5. The van der Waals surface area contributed by atoms with Crippen LogP contribution in [0.25, 0.3) is 0 Å². The molecule has 0 radical (unpaired) electrons. The van der Waals surface area contributed by atoms with Gasteiger partial charge in [-0.05, 0) is 31.7 Å². The fourth-order valence-electron chi connectivity index (χ4n) is 11.5. The number of hydrogen-bond acceptors (Lipinski definition) is 13. The third-order valence-corrected chi connectivity index (χ3v) is 12.3. The normalized spacial score (nSPS) is 46.9. The van der Waals surface area contributed by atoms with E-state index in [1.807, 2.05) is 0 Å². The fourth-order valence-corrected chi connectivity index (χ4v) is 11.5. The Morgan fingerprint density at radius 1 is 0.872 bits per heavy atom. The maximum absolute atomic E-state index is 14.5. The van der Waals surface area contributed by atoms with Crippen molar-refractivity contribution in [1.29, 1.82) is 0 Å². The number of likely N-dealkylation sites (N-methyl/N-ethyl adjacent to an activating group) is 1. The highest BCUT2D eigenvalue weighted by Crippen LogP contribution is 2.84. The first-order valence-corrected chi connectivity index (χ1v) is 15.7. The third kappa shape index (κ3) is 3.49. The molecule has 250 valence electrons. The first kappa shape index (κ1) is 31.6. The van der Waals surface area contributed by atoms with Crippen molar-refractivity contribution in [2.24, 2.45) is 39.9 Å². The van der Waals surface area contributed by atoms with E-state index in [4.69, 9.17) is 18.9 Å². The van der Waals surface area contributed by atoms with Crippen LogP contribution in [0.2, 0.25) is 0 Å². The quantitative estimate of drug-likeness (QED) is 0.185. The Labute approximate surface area is 270 Å². The van der Waals surface area contributed by atoms with Crippen molar-refractivity contribution in [3.8, 4) is 0 Å². The molecule has 0 aromatic heterocycles. The first-order chi connectivity index (χ1) is 22.1. The van der Waals surface area contributed by atoms with Crippen molar-refractivity contribution in [2.75, 3.05) is 7.05 Å². The van der Waals surface area contributed by atoms with Gasteiger partial charge < -0.3 is 34.0 Å². The molecule has 1 aromatic rings. The van der Waals surface area contributed by atoms with Crippen molar-refractivity contribution in [1.82, 2.24) is 4.90 Å². The molecular weight excluding hydrogens is 614 g/mol. The summed E-state index contributed by atoms with van der Waals surface area (Å²) >= 11 is 0. The number of ketones is 1. The number of rotatable bonds is 6. The molecule has 6 aliphatic carbocycles. The van der Waals surface area contributed by atoms with E-state index in [1.165, 1.54) is 26.0 Å². The number of nitrogens with zero attached hydrogens (tertiary/aromatic N) is 1. The summed E-state index contributed by atoms with van der Waals surface area (Å²) in [7, 11) is 1.68. The molecule has 15 atom stereocenters. The Morgan fingerprint density at radius 2 is 1.47 bits per heavy atom. The predicted molar refractivity (Wildman–Crippen MR) is 157 cm³/mol. The average Bonchev–Trinajstić information content (AvgIpc) is 3.35. The van der Waals surface area contributed by atoms with Crippen LogP contribution in [0.3, 0.4) is 0 Å². The van der Waals surface area contributed by atoms with Gasteiger partial charge in [-0.15, -0.1) is 0 Å². The van der Waals surface area contributed by atoms with Crippen LogP contribution < -0.4 is 0 Å². The van der Waals surface area contributed by atoms with Gasteiger partial charge in [0.05, 0.1) is 29.1 Å². The molecule has 6 saturated carbocycles. The molecule has 8 fully saturated rings. The smallest absolute Gasteiger partial charge is 0.338 e. The van der Waals surface area contributed by atoms with Crippen LogP contribution in [-0.2, 0) is 42.9 Å². The molecule has 8 aliphatic rings. The molecule has 0 amide bonds. The van der Waals surface area contributed by atoms with Gasteiger partial charge in [-0.2, -0.15) is 0 Å². The fraction of sp³-hybridized carbons (Fsp3) is 0.588. The topological polar surface area (TPSA) is 183 Å². The number of piperidine rings is 1. The van der Waals surface area contributed by atoms with Crippen LogP contribution in [0, 0.1) is 39.9 Å². The van der Waals surface area contributed by atoms with Gasteiger partial charge in [0.1, 0.15) is 18.2 Å². The zero-order chi connectivity index (χ0) is 34.1.